The molecule has 6 heteroatoms. The van der Waals surface area contributed by atoms with E-state index in [-0.39, 0.29) is 17.4 Å². The summed E-state index contributed by atoms with van der Waals surface area (Å²) < 4.78 is 0. The van der Waals surface area contributed by atoms with Crippen LogP contribution in [0.25, 0.3) is 0 Å². The van der Waals surface area contributed by atoms with Crippen LogP contribution < -0.4 is 16.0 Å². The molecule has 0 saturated carbocycles. The first-order chi connectivity index (χ1) is 9.52. The standard InChI is InChI=1S/C14H19N3O3/c1-16-13(18)9-3-2-6-17(8-9)12-5-4-10(15)7-11(12)14(19)20/h4-5,7,9H,2-3,6,8,15H2,1H3,(H,16,18)(H,19,20). The topological polar surface area (TPSA) is 95.7 Å². The molecular formula is C14H19N3O3. The van der Waals surface area contributed by atoms with Gasteiger partial charge in [-0.1, -0.05) is 0 Å². The van der Waals surface area contributed by atoms with Gasteiger partial charge >= 0.3 is 5.97 Å². The molecule has 1 heterocycles. The number of nitrogen functional groups attached to an aromatic ring is 1. The van der Waals surface area contributed by atoms with Gasteiger partial charge in [-0.15, -0.1) is 0 Å². The maximum Gasteiger partial charge on any atom is 0.337 e. The van der Waals surface area contributed by atoms with Crippen molar-refractivity contribution < 1.29 is 14.7 Å². The van der Waals surface area contributed by atoms with Crippen molar-refractivity contribution in [3.8, 4) is 0 Å². The molecule has 1 aromatic carbocycles. The minimum absolute atomic E-state index is 0.00187. The summed E-state index contributed by atoms with van der Waals surface area (Å²) in [4.78, 5) is 25.0. The van der Waals surface area contributed by atoms with E-state index in [2.05, 4.69) is 5.32 Å². The molecule has 2 rings (SSSR count). The quantitative estimate of drug-likeness (QED) is 0.714. The third-order valence-corrected chi connectivity index (χ3v) is 3.63. The van der Waals surface area contributed by atoms with E-state index in [4.69, 9.17) is 5.73 Å². The lowest BCUT2D eigenvalue weighted by Crippen LogP contribution is -2.42. The molecule has 0 spiro atoms. The van der Waals surface area contributed by atoms with E-state index in [1.165, 1.54) is 6.07 Å². The molecular weight excluding hydrogens is 258 g/mol. The molecule has 20 heavy (non-hydrogen) atoms. The van der Waals surface area contributed by atoms with Gasteiger partial charge in [0.1, 0.15) is 0 Å². The van der Waals surface area contributed by atoms with Crippen molar-refractivity contribution in [2.75, 3.05) is 30.8 Å². The molecule has 0 bridgehead atoms. The number of hydrogen-bond donors (Lipinski definition) is 3. The summed E-state index contributed by atoms with van der Waals surface area (Å²) >= 11 is 0. The van der Waals surface area contributed by atoms with Crippen LogP contribution in [-0.4, -0.2) is 37.1 Å². The number of carboxylic acid groups (broad SMARTS) is 1. The van der Waals surface area contributed by atoms with E-state index in [1.807, 2.05) is 4.90 Å². The predicted octanol–water partition coefficient (Wildman–Crippen LogP) is 0.929. The predicted molar refractivity (Wildman–Crippen MR) is 76.8 cm³/mol. The molecule has 1 unspecified atom stereocenters. The summed E-state index contributed by atoms with van der Waals surface area (Å²) in [5.74, 6) is -1.11. The minimum atomic E-state index is -1.01. The molecule has 0 aromatic heterocycles. The highest BCUT2D eigenvalue weighted by molar-refractivity contribution is 5.95. The van der Waals surface area contributed by atoms with Crippen LogP contribution in [-0.2, 0) is 4.79 Å². The number of hydrogen-bond acceptors (Lipinski definition) is 4. The Morgan fingerprint density at radius 2 is 2.20 bits per heavy atom. The van der Waals surface area contributed by atoms with E-state index in [0.29, 0.717) is 17.9 Å². The summed E-state index contributed by atoms with van der Waals surface area (Å²) in [5, 5.41) is 11.9. The fraction of sp³-hybridized carbons (Fsp3) is 0.429. The largest absolute Gasteiger partial charge is 0.478 e. The number of nitrogens with one attached hydrogen (secondary N) is 1. The summed E-state index contributed by atoms with van der Waals surface area (Å²) in [6.45, 7) is 1.28. The number of nitrogens with two attached hydrogens (primary N) is 1. The van der Waals surface area contributed by atoms with Gasteiger partial charge < -0.3 is 21.1 Å². The van der Waals surface area contributed by atoms with Crippen molar-refractivity contribution in [3.05, 3.63) is 23.8 Å². The Balaban J connectivity index is 2.27. The van der Waals surface area contributed by atoms with Gasteiger partial charge in [0.25, 0.3) is 0 Å². The fourth-order valence-corrected chi connectivity index (χ4v) is 2.61. The summed E-state index contributed by atoms with van der Waals surface area (Å²) in [6, 6.07) is 4.86. The highest BCUT2D eigenvalue weighted by Crippen LogP contribution is 2.28. The Hall–Kier alpha value is -2.24. The van der Waals surface area contributed by atoms with E-state index >= 15 is 0 Å². The zero-order valence-electron chi connectivity index (χ0n) is 11.4. The lowest BCUT2D eigenvalue weighted by Gasteiger charge is -2.34. The maximum atomic E-state index is 11.7. The summed E-state index contributed by atoms with van der Waals surface area (Å²) in [5.41, 5.74) is 6.88. The SMILES string of the molecule is CNC(=O)C1CCCN(c2ccc(N)cc2C(=O)O)C1. The van der Waals surface area contributed by atoms with Crippen molar-refractivity contribution in [1.82, 2.24) is 5.32 Å². The molecule has 0 aliphatic carbocycles. The van der Waals surface area contributed by atoms with Crippen LogP contribution in [0.2, 0.25) is 0 Å². The van der Waals surface area contributed by atoms with Gasteiger partial charge in [0.2, 0.25) is 5.91 Å². The lowest BCUT2D eigenvalue weighted by atomic mass is 9.96. The third-order valence-electron chi connectivity index (χ3n) is 3.63. The zero-order chi connectivity index (χ0) is 14.7. The van der Waals surface area contributed by atoms with E-state index in [1.54, 1.807) is 19.2 Å². The average molecular weight is 277 g/mol. The van der Waals surface area contributed by atoms with E-state index in [9.17, 15) is 14.7 Å². The molecule has 1 aliphatic heterocycles. The first-order valence-electron chi connectivity index (χ1n) is 6.62. The zero-order valence-corrected chi connectivity index (χ0v) is 11.4. The fourth-order valence-electron chi connectivity index (χ4n) is 2.61. The molecule has 1 saturated heterocycles. The smallest absolute Gasteiger partial charge is 0.337 e. The normalized spacial score (nSPS) is 18.6. The van der Waals surface area contributed by atoms with Gasteiger partial charge in [-0.25, -0.2) is 4.79 Å². The van der Waals surface area contributed by atoms with Crippen LogP contribution >= 0.6 is 0 Å². The molecule has 1 atom stereocenters. The Labute approximate surface area is 117 Å². The van der Waals surface area contributed by atoms with Crippen LogP contribution in [0.4, 0.5) is 11.4 Å². The molecule has 4 N–H and O–H groups in total. The second kappa shape index (κ2) is 5.81. The van der Waals surface area contributed by atoms with Gasteiger partial charge in [0.15, 0.2) is 0 Å². The number of rotatable bonds is 3. The highest BCUT2D eigenvalue weighted by Gasteiger charge is 2.27. The van der Waals surface area contributed by atoms with E-state index < -0.39 is 5.97 Å². The van der Waals surface area contributed by atoms with Crippen LogP contribution in [0.15, 0.2) is 18.2 Å². The van der Waals surface area contributed by atoms with Crippen LogP contribution in [0, 0.1) is 5.92 Å². The van der Waals surface area contributed by atoms with Gasteiger partial charge in [-0.05, 0) is 31.0 Å². The minimum Gasteiger partial charge on any atom is -0.478 e. The summed E-state index contributed by atoms with van der Waals surface area (Å²) in [7, 11) is 1.62. The van der Waals surface area contributed by atoms with Gasteiger partial charge in [0, 0.05) is 25.8 Å². The van der Waals surface area contributed by atoms with Gasteiger partial charge in [-0.2, -0.15) is 0 Å². The molecule has 1 amide bonds. The number of carbonyl (C=O) groups is 2. The van der Waals surface area contributed by atoms with Crippen molar-refractivity contribution in [2.45, 2.75) is 12.8 Å². The Morgan fingerprint density at radius 1 is 1.45 bits per heavy atom. The summed E-state index contributed by atoms with van der Waals surface area (Å²) in [6.07, 6.45) is 1.69. The van der Waals surface area contributed by atoms with E-state index in [0.717, 1.165) is 19.4 Å². The molecule has 0 radical (unpaired) electrons. The molecule has 108 valence electrons. The van der Waals surface area contributed by atoms with Gasteiger partial charge in [0.05, 0.1) is 17.2 Å². The third kappa shape index (κ3) is 2.84. The number of piperidine rings is 1. The molecule has 6 nitrogen and oxygen atoms in total. The van der Waals surface area contributed by atoms with Crippen molar-refractivity contribution >= 4 is 23.3 Å². The van der Waals surface area contributed by atoms with Gasteiger partial charge in [-0.3, -0.25) is 4.79 Å². The van der Waals surface area contributed by atoms with Crippen molar-refractivity contribution in [1.29, 1.82) is 0 Å². The lowest BCUT2D eigenvalue weighted by molar-refractivity contribution is -0.124. The number of nitrogens with zero attached hydrogens (tertiary/aromatic N) is 1. The Bertz CT molecular complexity index is 530. The number of anilines is 2. The maximum absolute atomic E-state index is 11.7. The molecule has 1 aliphatic rings. The number of benzene rings is 1. The first-order valence-corrected chi connectivity index (χ1v) is 6.62. The van der Waals surface area contributed by atoms with Crippen LogP contribution in [0.5, 0.6) is 0 Å². The number of amides is 1. The van der Waals surface area contributed by atoms with Crippen molar-refractivity contribution in [3.63, 3.8) is 0 Å². The number of carboxylic acids is 1. The molecule has 1 fully saturated rings. The second-order valence-corrected chi connectivity index (χ2v) is 4.98. The monoisotopic (exact) mass is 277 g/mol. The Kier molecular flexibility index (Phi) is 4.12. The Morgan fingerprint density at radius 3 is 2.85 bits per heavy atom. The van der Waals surface area contributed by atoms with Crippen LogP contribution in [0.1, 0.15) is 23.2 Å². The number of carbonyl (C=O) groups excluding carboxylic acids is 1. The van der Waals surface area contributed by atoms with Crippen molar-refractivity contribution in [2.24, 2.45) is 5.92 Å². The van der Waals surface area contributed by atoms with Crippen LogP contribution in [0.3, 0.4) is 0 Å². The number of aromatic carboxylic acids is 1. The average Bonchev–Trinajstić information content (AvgIpc) is 2.46. The first kappa shape index (κ1) is 14.2. The highest BCUT2D eigenvalue weighted by atomic mass is 16.4. The second-order valence-electron chi connectivity index (χ2n) is 4.98. The molecule has 1 aromatic rings.